The predicted octanol–water partition coefficient (Wildman–Crippen LogP) is 5.06. The van der Waals surface area contributed by atoms with Gasteiger partial charge >= 0.3 is 5.97 Å². The quantitative estimate of drug-likeness (QED) is 0.566. The number of ether oxygens (including phenoxy) is 2. The molecule has 0 N–H and O–H groups in total. The Hall–Kier alpha value is -2.00. The van der Waals surface area contributed by atoms with Gasteiger partial charge in [0.1, 0.15) is 11.5 Å². The first kappa shape index (κ1) is 17.4. The van der Waals surface area contributed by atoms with Crippen LogP contribution >= 0.6 is 11.6 Å². The van der Waals surface area contributed by atoms with Crippen molar-refractivity contribution < 1.29 is 14.3 Å². The second kappa shape index (κ2) is 7.51. The van der Waals surface area contributed by atoms with Crippen molar-refractivity contribution in [1.82, 2.24) is 0 Å². The van der Waals surface area contributed by atoms with E-state index in [9.17, 15) is 4.79 Å². The van der Waals surface area contributed by atoms with Crippen LogP contribution in [0, 0.1) is 13.8 Å². The molecule has 0 unspecified atom stereocenters. The molecular weight excluding hydrogens is 312 g/mol. The van der Waals surface area contributed by atoms with E-state index in [1.807, 2.05) is 26.0 Å². The van der Waals surface area contributed by atoms with Crippen LogP contribution in [0.5, 0.6) is 11.5 Å². The van der Waals surface area contributed by atoms with Crippen molar-refractivity contribution in [2.75, 3.05) is 6.61 Å². The first-order chi connectivity index (χ1) is 10.9. The van der Waals surface area contributed by atoms with Crippen molar-refractivity contribution in [1.29, 1.82) is 0 Å². The standard InChI is InChI=1S/C19H21ClO3/c1-12(2)15-5-7-16(8-6-15)23-18(21)11-22-17-9-13(3)19(20)14(4)10-17/h5-10,12H,11H2,1-4H3. The Kier molecular flexibility index (Phi) is 5.67. The first-order valence-electron chi connectivity index (χ1n) is 7.57. The largest absolute Gasteiger partial charge is 0.482 e. The van der Waals surface area contributed by atoms with E-state index in [1.165, 1.54) is 5.56 Å². The van der Waals surface area contributed by atoms with Crippen LogP contribution in [0.15, 0.2) is 36.4 Å². The van der Waals surface area contributed by atoms with Gasteiger partial charge in [0.25, 0.3) is 0 Å². The van der Waals surface area contributed by atoms with E-state index < -0.39 is 5.97 Å². The van der Waals surface area contributed by atoms with Gasteiger partial charge in [0, 0.05) is 5.02 Å². The summed E-state index contributed by atoms with van der Waals surface area (Å²) in [6, 6.07) is 11.1. The molecule has 2 rings (SSSR count). The van der Waals surface area contributed by atoms with Crippen LogP contribution < -0.4 is 9.47 Å². The van der Waals surface area contributed by atoms with E-state index in [-0.39, 0.29) is 6.61 Å². The van der Waals surface area contributed by atoms with E-state index in [0.717, 1.165) is 11.1 Å². The molecule has 0 aromatic heterocycles. The van der Waals surface area contributed by atoms with E-state index >= 15 is 0 Å². The van der Waals surface area contributed by atoms with Gasteiger partial charge in [-0.05, 0) is 60.7 Å². The molecule has 0 amide bonds. The van der Waals surface area contributed by atoms with Crippen LogP contribution in [-0.4, -0.2) is 12.6 Å². The molecule has 0 fully saturated rings. The van der Waals surface area contributed by atoms with Crippen LogP contribution in [0.25, 0.3) is 0 Å². The Labute approximate surface area is 142 Å². The number of aryl methyl sites for hydroxylation is 2. The van der Waals surface area contributed by atoms with Crippen LogP contribution in [-0.2, 0) is 4.79 Å². The number of benzene rings is 2. The summed E-state index contributed by atoms with van der Waals surface area (Å²) in [4.78, 5) is 11.9. The van der Waals surface area contributed by atoms with Crippen molar-refractivity contribution in [3.63, 3.8) is 0 Å². The monoisotopic (exact) mass is 332 g/mol. The summed E-state index contributed by atoms with van der Waals surface area (Å²) in [5.74, 6) is 1.13. The number of carbonyl (C=O) groups excluding carboxylic acids is 1. The number of rotatable bonds is 5. The number of carbonyl (C=O) groups is 1. The molecule has 0 saturated carbocycles. The van der Waals surface area contributed by atoms with Gasteiger partial charge in [-0.1, -0.05) is 37.6 Å². The van der Waals surface area contributed by atoms with Gasteiger partial charge in [-0.25, -0.2) is 4.79 Å². The fourth-order valence-electron chi connectivity index (χ4n) is 2.21. The molecule has 23 heavy (non-hydrogen) atoms. The lowest BCUT2D eigenvalue weighted by Crippen LogP contribution is -2.17. The maximum Gasteiger partial charge on any atom is 0.349 e. The second-order valence-corrected chi connectivity index (χ2v) is 6.24. The lowest BCUT2D eigenvalue weighted by atomic mass is 10.0. The third-order valence-electron chi connectivity index (χ3n) is 3.55. The van der Waals surface area contributed by atoms with Crippen LogP contribution in [0.2, 0.25) is 5.02 Å². The highest BCUT2D eigenvalue weighted by Gasteiger charge is 2.09. The SMILES string of the molecule is Cc1cc(OCC(=O)Oc2ccc(C(C)C)cc2)cc(C)c1Cl. The molecular formula is C19H21ClO3. The molecule has 0 atom stereocenters. The zero-order chi connectivity index (χ0) is 17.0. The van der Waals surface area contributed by atoms with Gasteiger partial charge < -0.3 is 9.47 Å². The zero-order valence-corrected chi connectivity index (χ0v) is 14.6. The van der Waals surface area contributed by atoms with Gasteiger partial charge in [-0.2, -0.15) is 0 Å². The molecule has 0 saturated heterocycles. The molecule has 0 aliphatic rings. The summed E-state index contributed by atoms with van der Waals surface area (Å²) in [5, 5.41) is 0.713. The van der Waals surface area contributed by atoms with Crippen LogP contribution in [0.3, 0.4) is 0 Å². The third kappa shape index (κ3) is 4.73. The molecule has 0 bridgehead atoms. The number of halogens is 1. The summed E-state index contributed by atoms with van der Waals surface area (Å²) in [5.41, 5.74) is 3.03. The molecule has 2 aromatic rings. The Morgan fingerprint density at radius 2 is 1.61 bits per heavy atom. The van der Waals surface area contributed by atoms with E-state index in [2.05, 4.69) is 13.8 Å². The molecule has 122 valence electrons. The van der Waals surface area contributed by atoms with E-state index in [4.69, 9.17) is 21.1 Å². The van der Waals surface area contributed by atoms with Crippen molar-refractivity contribution in [2.45, 2.75) is 33.6 Å². The highest BCUT2D eigenvalue weighted by molar-refractivity contribution is 6.32. The van der Waals surface area contributed by atoms with Crippen molar-refractivity contribution in [3.8, 4) is 11.5 Å². The summed E-state index contributed by atoms with van der Waals surface area (Å²) in [7, 11) is 0. The summed E-state index contributed by atoms with van der Waals surface area (Å²) < 4.78 is 10.8. The smallest absolute Gasteiger partial charge is 0.349 e. The number of esters is 1. The molecule has 4 heteroatoms. The highest BCUT2D eigenvalue weighted by Crippen LogP contribution is 2.26. The predicted molar refractivity (Wildman–Crippen MR) is 92.6 cm³/mol. The first-order valence-corrected chi connectivity index (χ1v) is 7.95. The van der Waals surface area contributed by atoms with Gasteiger partial charge in [0.2, 0.25) is 0 Å². The molecule has 0 aliphatic carbocycles. The fraction of sp³-hybridized carbons (Fsp3) is 0.316. The van der Waals surface area contributed by atoms with Crippen molar-refractivity contribution >= 4 is 17.6 Å². The summed E-state index contributed by atoms with van der Waals surface area (Å²) in [6.07, 6.45) is 0. The molecule has 0 aliphatic heterocycles. The van der Waals surface area contributed by atoms with Gasteiger partial charge in [-0.3, -0.25) is 0 Å². The molecule has 0 heterocycles. The Balaban J connectivity index is 1.92. The Bertz CT molecular complexity index is 667. The lowest BCUT2D eigenvalue weighted by molar-refractivity contribution is -0.136. The number of hydrogen-bond acceptors (Lipinski definition) is 3. The van der Waals surface area contributed by atoms with E-state index in [0.29, 0.717) is 22.4 Å². The maximum absolute atomic E-state index is 11.9. The topological polar surface area (TPSA) is 35.5 Å². The zero-order valence-electron chi connectivity index (χ0n) is 13.9. The van der Waals surface area contributed by atoms with Crippen molar-refractivity contribution in [2.24, 2.45) is 0 Å². The highest BCUT2D eigenvalue weighted by atomic mass is 35.5. The average Bonchev–Trinajstić information content (AvgIpc) is 2.51. The maximum atomic E-state index is 11.9. The molecule has 0 spiro atoms. The summed E-state index contributed by atoms with van der Waals surface area (Å²) >= 11 is 6.11. The molecule has 2 aromatic carbocycles. The Morgan fingerprint density at radius 1 is 1.04 bits per heavy atom. The van der Waals surface area contributed by atoms with E-state index in [1.54, 1.807) is 24.3 Å². The molecule has 3 nitrogen and oxygen atoms in total. The molecule has 0 radical (unpaired) electrons. The minimum Gasteiger partial charge on any atom is -0.482 e. The lowest BCUT2D eigenvalue weighted by Gasteiger charge is -2.10. The second-order valence-electron chi connectivity index (χ2n) is 5.86. The minimum atomic E-state index is -0.437. The summed E-state index contributed by atoms with van der Waals surface area (Å²) in [6.45, 7) is 7.88. The minimum absolute atomic E-state index is 0.146. The van der Waals surface area contributed by atoms with Crippen LogP contribution in [0.1, 0.15) is 36.5 Å². The van der Waals surface area contributed by atoms with Gasteiger partial charge in [0.15, 0.2) is 6.61 Å². The average molecular weight is 333 g/mol. The fourth-order valence-corrected chi connectivity index (χ4v) is 2.32. The number of hydrogen-bond donors (Lipinski definition) is 0. The van der Waals surface area contributed by atoms with Gasteiger partial charge in [0.05, 0.1) is 0 Å². The van der Waals surface area contributed by atoms with Gasteiger partial charge in [-0.15, -0.1) is 0 Å². The van der Waals surface area contributed by atoms with Crippen molar-refractivity contribution in [3.05, 3.63) is 58.1 Å². The van der Waals surface area contributed by atoms with Crippen LogP contribution in [0.4, 0.5) is 0 Å². The normalized spacial score (nSPS) is 10.7. The third-order valence-corrected chi connectivity index (χ3v) is 4.14. The Morgan fingerprint density at radius 3 is 2.13 bits per heavy atom.